The summed E-state index contributed by atoms with van der Waals surface area (Å²) in [7, 11) is 0. The molecule has 24 heavy (non-hydrogen) atoms. The Labute approximate surface area is 139 Å². The average Bonchev–Trinajstić information content (AvgIpc) is 2.53. The van der Waals surface area contributed by atoms with Crippen LogP contribution in [0.4, 0.5) is 13.2 Å². The van der Waals surface area contributed by atoms with Crippen molar-refractivity contribution in [3.8, 4) is 0 Å². The molecule has 1 aromatic carbocycles. The minimum atomic E-state index is -4.37. The first-order chi connectivity index (χ1) is 11.3. The first-order valence-electron chi connectivity index (χ1n) is 8.44. The molecule has 132 valence electrons. The van der Waals surface area contributed by atoms with Crippen LogP contribution in [-0.2, 0) is 15.7 Å². The standard InChI is InChI=1S/C18H22F3NO2/c1-11(23)22-15-10-17(24-16-8-3-2-7-14(15)16)12-5-4-6-13(9-12)18(19,20)21/h4-6,9,14-17H,2-3,7-8,10H2,1H3,(H,22,23)/t14-,15+,16+,17+/m0/s1. The number of amides is 1. The van der Waals surface area contributed by atoms with E-state index in [0.717, 1.165) is 31.7 Å². The van der Waals surface area contributed by atoms with Gasteiger partial charge >= 0.3 is 6.18 Å². The summed E-state index contributed by atoms with van der Waals surface area (Å²) in [5.41, 5.74) is -0.130. The predicted molar refractivity (Wildman–Crippen MR) is 83.2 cm³/mol. The first kappa shape index (κ1) is 17.3. The largest absolute Gasteiger partial charge is 0.416 e. The van der Waals surface area contributed by atoms with Crippen LogP contribution in [0.2, 0.25) is 0 Å². The van der Waals surface area contributed by atoms with Gasteiger partial charge in [-0.25, -0.2) is 0 Å². The maximum atomic E-state index is 13.0. The number of nitrogens with one attached hydrogen (secondary N) is 1. The molecule has 0 bridgehead atoms. The molecule has 6 heteroatoms. The van der Waals surface area contributed by atoms with Gasteiger partial charge in [-0.2, -0.15) is 13.2 Å². The van der Waals surface area contributed by atoms with Crippen molar-refractivity contribution in [3.05, 3.63) is 35.4 Å². The summed E-state index contributed by atoms with van der Waals surface area (Å²) in [5.74, 6) is 0.152. The monoisotopic (exact) mass is 341 g/mol. The zero-order valence-corrected chi connectivity index (χ0v) is 13.6. The number of halogens is 3. The molecular weight excluding hydrogens is 319 g/mol. The molecule has 0 unspecified atom stereocenters. The molecule has 0 spiro atoms. The maximum absolute atomic E-state index is 13.0. The van der Waals surface area contributed by atoms with E-state index in [2.05, 4.69) is 5.32 Å². The van der Waals surface area contributed by atoms with E-state index in [1.807, 2.05) is 0 Å². The fourth-order valence-electron chi connectivity index (χ4n) is 3.98. The zero-order chi connectivity index (χ0) is 17.3. The number of carbonyl (C=O) groups excluding carboxylic acids is 1. The van der Waals surface area contributed by atoms with E-state index < -0.39 is 17.8 Å². The minimum absolute atomic E-state index is 0.00360. The van der Waals surface area contributed by atoms with Crippen LogP contribution in [-0.4, -0.2) is 18.1 Å². The number of fused-ring (bicyclic) bond motifs is 1. The van der Waals surface area contributed by atoms with Crippen LogP contribution < -0.4 is 5.32 Å². The Bertz CT molecular complexity index is 602. The summed E-state index contributed by atoms with van der Waals surface area (Å²) in [6.07, 6.45) is -0.205. The average molecular weight is 341 g/mol. The maximum Gasteiger partial charge on any atom is 0.416 e. The van der Waals surface area contributed by atoms with Crippen molar-refractivity contribution >= 4 is 5.91 Å². The topological polar surface area (TPSA) is 38.3 Å². The van der Waals surface area contributed by atoms with Crippen molar-refractivity contribution in [1.29, 1.82) is 0 Å². The van der Waals surface area contributed by atoms with E-state index in [-0.39, 0.29) is 24.0 Å². The lowest BCUT2D eigenvalue weighted by atomic mass is 9.76. The lowest BCUT2D eigenvalue weighted by molar-refractivity contribution is -0.138. The van der Waals surface area contributed by atoms with Crippen LogP contribution in [0.15, 0.2) is 24.3 Å². The van der Waals surface area contributed by atoms with Crippen LogP contribution in [0, 0.1) is 5.92 Å². The van der Waals surface area contributed by atoms with Gasteiger partial charge in [0.2, 0.25) is 5.91 Å². The first-order valence-corrected chi connectivity index (χ1v) is 8.44. The van der Waals surface area contributed by atoms with Crippen molar-refractivity contribution in [2.24, 2.45) is 5.92 Å². The molecule has 2 aliphatic rings. The van der Waals surface area contributed by atoms with E-state index in [9.17, 15) is 18.0 Å². The number of benzene rings is 1. The number of hydrogen-bond acceptors (Lipinski definition) is 2. The van der Waals surface area contributed by atoms with E-state index >= 15 is 0 Å². The summed E-state index contributed by atoms with van der Waals surface area (Å²) in [6.45, 7) is 1.48. The van der Waals surface area contributed by atoms with Gasteiger partial charge in [-0.3, -0.25) is 4.79 Å². The van der Waals surface area contributed by atoms with E-state index in [1.165, 1.54) is 19.1 Å². The van der Waals surface area contributed by atoms with Gasteiger partial charge in [-0.15, -0.1) is 0 Å². The normalized spacial score (nSPS) is 30.5. The molecule has 1 aromatic rings. The Morgan fingerprint density at radius 2 is 2.00 bits per heavy atom. The highest BCUT2D eigenvalue weighted by Crippen LogP contribution is 2.42. The lowest BCUT2D eigenvalue weighted by Crippen LogP contribution is -2.50. The number of rotatable bonds is 2. The molecule has 3 nitrogen and oxygen atoms in total. The molecular formula is C18H22F3NO2. The van der Waals surface area contributed by atoms with Crippen LogP contribution in [0.5, 0.6) is 0 Å². The van der Waals surface area contributed by atoms with Crippen molar-refractivity contribution in [2.45, 2.75) is 63.5 Å². The third-order valence-corrected chi connectivity index (χ3v) is 5.05. The molecule has 1 saturated carbocycles. The zero-order valence-electron chi connectivity index (χ0n) is 13.6. The van der Waals surface area contributed by atoms with E-state index in [0.29, 0.717) is 12.0 Å². The predicted octanol–water partition coefficient (Wildman–Crippen LogP) is 4.23. The molecule has 1 saturated heterocycles. The quantitative estimate of drug-likeness (QED) is 0.874. The Morgan fingerprint density at radius 3 is 2.71 bits per heavy atom. The van der Waals surface area contributed by atoms with Gasteiger partial charge in [-0.1, -0.05) is 25.0 Å². The second-order valence-corrected chi connectivity index (χ2v) is 6.78. The molecule has 1 heterocycles. The molecule has 1 amide bonds. The smallest absolute Gasteiger partial charge is 0.370 e. The summed E-state index contributed by atoms with van der Waals surface area (Å²) in [4.78, 5) is 11.5. The van der Waals surface area contributed by atoms with Gasteiger partial charge in [0.05, 0.1) is 17.8 Å². The third-order valence-electron chi connectivity index (χ3n) is 5.05. The molecule has 0 radical (unpaired) electrons. The molecule has 4 atom stereocenters. The Balaban J connectivity index is 1.84. The van der Waals surface area contributed by atoms with E-state index in [1.54, 1.807) is 6.07 Å². The SMILES string of the molecule is CC(=O)N[C@@H]1C[C@H](c2cccc(C(F)(F)F)c2)O[C@@H]2CCCC[C@@H]12. The third kappa shape index (κ3) is 3.74. The molecule has 1 aliphatic carbocycles. The fourth-order valence-corrected chi connectivity index (χ4v) is 3.98. The lowest BCUT2D eigenvalue weighted by Gasteiger charge is -2.45. The fraction of sp³-hybridized carbons (Fsp3) is 0.611. The van der Waals surface area contributed by atoms with Gasteiger partial charge < -0.3 is 10.1 Å². The Hall–Kier alpha value is -1.56. The molecule has 1 aliphatic heterocycles. The van der Waals surface area contributed by atoms with Gasteiger partial charge in [-0.05, 0) is 37.0 Å². The highest BCUT2D eigenvalue weighted by atomic mass is 19.4. The highest BCUT2D eigenvalue weighted by Gasteiger charge is 2.41. The van der Waals surface area contributed by atoms with Crippen molar-refractivity contribution < 1.29 is 22.7 Å². The van der Waals surface area contributed by atoms with Crippen LogP contribution in [0.3, 0.4) is 0 Å². The highest BCUT2D eigenvalue weighted by molar-refractivity contribution is 5.73. The summed E-state index contributed by atoms with van der Waals surface area (Å²) in [5, 5.41) is 2.98. The summed E-state index contributed by atoms with van der Waals surface area (Å²) < 4.78 is 45.0. The van der Waals surface area contributed by atoms with Crippen LogP contribution >= 0.6 is 0 Å². The number of carbonyl (C=O) groups is 1. The van der Waals surface area contributed by atoms with E-state index in [4.69, 9.17) is 4.74 Å². The molecule has 1 N–H and O–H groups in total. The van der Waals surface area contributed by atoms with Crippen molar-refractivity contribution in [2.75, 3.05) is 0 Å². The van der Waals surface area contributed by atoms with Crippen LogP contribution in [0.1, 0.15) is 56.3 Å². The van der Waals surface area contributed by atoms with Gasteiger partial charge in [0, 0.05) is 18.9 Å². The van der Waals surface area contributed by atoms with Crippen molar-refractivity contribution in [1.82, 2.24) is 5.32 Å². The van der Waals surface area contributed by atoms with Gasteiger partial charge in [0.1, 0.15) is 0 Å². The number of ether oxygens (including phenoxy) is 1. The molecule has 2 fully saturated rings. The second-order valence-electron chi connectivity index (χ2n) is 6.78. The van der Waals surface area contributed by atoms with Gasteiger partial charge in [0.25, 0.3) is 0 Å². The van der Waals surface area contributed by atoms with Gasteiger partial charge in [0.15, 0.2) is 0 Å². The summed E-state index contributed by atoms with van der Waals surface area (Å²) in [6, 6.07) is 5.29. The van der Waals surface area contributed by atoms with Crippen molar-refractivity contribution in [3.63, 3.8) is 0 Å². The molecule has 0 aromatic heterocycles. The Kier molecular flexibility index (Phi) is 4.85. The number of alkyl halides is 3. The second kappa shape index (κ2) is 6.75. The summed E-state index contributed by atoms with van der Waals surface area (Å²) >= 11 is 0. The molecule has 3 rings (SSSR count). The Morgan fingerprint density at radius 1 is 1.25 bits per heavy atom. The van der Waals surface area contributed by atoms with Crippen LogP contribution in [0.25, 0.3) is 0 Å². The number of hydrogen-bond donors (Lipinski definition) is 1. The minimum Gasteiger partial charge on any atom is -0.370 e.